The molecule has 2 unspecified atom stereocenters. The van der Waals surface area contributed by atoms with Gasteiger partial charge in [0, 0.05) is 50.6 Å². The number of rotatable bonds is 4. The van der Waals surface area contributed by atoms with Gasteiger partial charge in [0.1, 0.15) is 11.2 Å². The molecule has 0 radical (unpaired) electrons. The molecule has 4 aliphatic rings. The SMILES string of the molecule is Cc1cc2c3c(c1)N(c1cccc4oc5ccccc5c14)c1cc(C(C)(C)C)ccc1B3c1ccc(N3c4ccc(-c5ccccc5)cc4C4(C)CCCCC34C)cc1N2c1cccc(C(C)(C)C)c1. The molecular formula is C65H62BN3O. The topological polar surface area (TPSA) is 22.9 Å². The summed E-state index contributed by atoms with van der Waals surface area (Å²) in [7, 11) is 0. The van der Waals surface area contributed by atoms with Crippen LogP contribution >= 0.6 is 0 Å². The minimum atomic E-state index is -0.107. The highest BCUT2D eigenvalue weighted by Crippen LogP contribution is 2.62. The van der Waals surface area contributed by atoms with Crippen LogP contribution in [0, 0.1) is 6.92 Å². The number of hydrogen-bond acceptors (Lipinski definition) is 4. The van der Waals surface area contributed by atoms with E-state index in [4.69, 9.17) is 4.42 Å². The Morgan fingerprint density at radius 1 is 0.500 bits per heavy atom. The van der Waals surface area contributed by atoms with E-state index in [2.05, 4.69) is 241 Å². The van der Waals surface area contributed by atoms with Crippen molar-refractivity contribution in [1.29, 1.82) is 0 Å². The van der Waals surface area contributed by atoms with E-state index in [0.29, 0.717) is 0 Å². The van der Waals surface area contributed by atoms with E-state index in [1.54, 1.807) is 0 Å². The van der Waals surface area contributed by atoms with Crippen LogP contribution in [0.5, 0.6) is 0 Å². The average Bonchev–Trinajstić information content (AvgIpc) is 3.83. The van der Waals surface area contributed by atoms with E-state index < -0.39 is 0 Å². The summed E-state index contributed by atoms with van der Waals surface area (Å²) >= 11 is 0. The molecule has 346 valence electrons. The summed E-state index contributed by atoms with van der Waals surface area (Å²) in [6.45, 7) is 21.4. The van der Waals surface area contributed by atoms with Gasteiger partial charge < -0.3 is 19.1 Å². The van der Waals surface area contributed by atoms with Crippen LogP contribution in [0.2, 0.25) is 0 Å². The smallest absolute Gasteiger partial charge is 0.252 e. The summed E-state index contributed by atoms with van der Waals surface area (Å²) in [6.07, 6.45) is 4.78. The van der Waals surface area contributed by atoms with E-state index in [0.717, 1.165) is 34.0 Å². The average molecular weight is 912 g/mol. The lowest BCUT2D eigenvalue weighted by Crippen LogP contribution is -2.61. The third-order valence-electron chi connectivity index (χ3n) is 17.1. The molecule has 1 saturated carbocycles. The number of nitrogens with zero attached hydrogens (tertiary/aromatic N) is 3. The Balaban J connectivity index is 1.09. The summed E-state index contributed by atoms with van der Waals surface area (Å²) in [5.74, 6) is 0. The largest absolute Gasteiger partial charge is 0.456 e. The highest BCUT2D eigenvalue weighted by atomic mass is 16.3. The third-order valence-corrected chi connectivity index (χ3v) is 17.1. The molecule has 1 aliphatic carbocycles. The molecule has 0 bridgehead atoms. The maximum Gasteiger partial charge on any atom is 0.252 e. The van der Waals surface area contributed by atoms with Gasteiger partial charge >= 0.3 is 0 Å². The molecule has 1 aromatic heterocycles. The molecule has 9 aromatic rings. The van der Waals surface area contributed by atoms with Gasteiger partial charge in [0.05, 0.1) is 16.6 Å². The number of aryl methyl sites for hydroxylation is 1. The third kappa shape index (κ3) is 6.15. The second-order valence-electron chi connectivity index (χ2n) is 23.4. The zero-order valence-electron chi connectivity index (χ0n) is 42.2. The molecule has 4 nitrogen and oxygen atoms in total. The van der Waals surface area contributed by atoms with E-state index in [1.165, 1.54) is 109 Å². The fraction of sp³-hybridized carbons (Fsp3) is 0.262. The number of hydrogen-bond donors (Lipinski definition) is 0. The van der Waals surface area contributed by atoms with Crippen LogP contribution in [0.25, 0.3) is 33.1 Å². The van der Waals surface area contributed by atoms with E-state index in [1.807, 2.05) is 0 Å². The zero-order valence-corrected chi connectivity index (χ0v) is 42.2. The van der Waals surface area contributed by atoms with Gasteiger partial charge in [0.2, 0.25) is 0 Å². The Morgan fingerprint density at radius 3 is 1.96 bits per heavy atom. The first kappa shape index (κ1) is 43.1. The second-order valence-corrected chi connectivity index (χ2v) is 23.4. The van der Waals surface area contributed by atoms with Crippen LogP contribution < -0.4 is 31.1 Å². The second kappa shape index (κ2) is 15.0. The molecule has 0 saturated heterocycles. The molecule has 13 rings (SSSR count). The monoisotopic (exact) mass is 911 g/mol. The molecule has 8 aromatic carbocycles. The Bertz CT molecular complexity index is 3610. The van der Waals surface area contributed by atoms with Crippen LogP contribution in [-0.2, 0) is 16.2 Å². The number of fused-ring (bicyclic) bond motifs is 10. The molecule has 0 amide bonds. The van der Waals surface area contributed by atoms with Crippen LogP contribution in [0.4, 0.5) is 45.5 Å². The summed E-state index contributed by atoms with van der Waals surface area (Å²) in [4.78, 5) is 7.96. The molecule has 2 atom stereocenters. The summed E-state index contributed by atoms with van der Waals surface area (Å²) in [5, 5.41) is 2.27. The van der Waals surface area contributed by atoms with Crippen LogP contribution in [0.3, 0.4) is 0 Å². The molecule has 70 heavy (non-hydrogen) atoms. The predicted molar refractivity (Wildman–Crippen MR) is 298 cm³/mol. The van der Waals surface area contributed by atoms with Crippen LogP contribution in [0.15, 0.2) is 168 Å². The first-order valence-corrected chi connectivity index (χ1v) is 25.7. The lowest BCUT2D eigenvalue weighted by Gasteiger charge is -2.50. The van der Waals surface area contributed by atoms with Crippen molar-refractivity contribution < 1.29 is 4.42 Å². The minimum absolute atomic E-state index is 0.00732. The van der Waals surface area contributed by atoms with Gasteiger partial charge in [-0.3, -0.25) is 0 Å². The Morgan fingerprint density at radius 2 is 1.17 bits per heavy atom. The zero-order chi connectivity index (χ0) is 48.1. The Kier molecular flexibility index (Phi) is 9.24. The number of para-hydroxylation sites is 1. The normalized spacial score (nSPS) is 19.3. The number of furan rings is 1. The maximum absolute atomic E-state index is 6.61. The first-order valence-electron chi connectivity index (χ1n) is 25.7. The maximum atomic E-state index is 6.61. The van der Waals surface area contributed by atoms with Gasteiger partial charge in [-0.1, -0.05) is 152 Å². The summed E-state index contributed by atoms with van der Waals surface area (Å²) < 4.78 is 6.61. The standard InChI is InChI=1S/C65H62BN3O/c1-41-35-56-61-57(36-41)68(53-24-18-26-59-60(53)48-23-13-14-25-58(48)70-59)54-39-45(63(5,6)7)28-30-50(54)66(61)51-31-29-47(40-55(51)67(56)46-22-17-21-44(38-46)62(2,3)4)69-52-32-27-43(42-19-11-10-12-20-42)37-49(52)64(8)33-15-16-34-65(64,69)9/h10-14,17-32,35-40H,15-16,33-34H2,1-9H3. The minimum Gasteiger partial charge on any atom is -0.456 e. The van der Waals surface area contributed by atoms with Gasteiger partial charge in [-0.05, 0) is 160 Å². The van der Waals surface area contributed by atoms with Crippen molar-refractivity contribution in [3.8, 4) is 11.1 Å². The molecule has 0 spiro atoms. The van der Waals surface area contributed by atoms with Gasteiger partial charge in [0.25, 0.3) is 6.71 Å². The molecule has 0 N–H and O–H groups in total. The van der Waals surface area contributed by atoms with Gasteiger partial charge in [0.15, 0.2) is 0 Å². The molecule has 4 heterocycles. The van der Waals surface area contributed by atoms with Crippen molar-refractivity contribution in [3.63, 3.8) is 0 Å². The lowest BCUT2D eigenvalue weighted by atomic mass is 9.33. The fourth-order valence-electron chi connectivity index (χ4n) is 13.3. The van der Waals surface area contributed by atoms with Crippen molar-refractivity contribution in [1.82, 2.24) is 0 Å². The predicted octanol–water partition coefficient (Wildman–Crippen LogP) is 16.0. The van der Waals surface area contributed by atoms with Crippen LogP contribution in [0.1, 0.15) is 103 Å². The quantitative estimate of drug-likeness (QED) is 0.164. The highest BCUT2D eigenvalue weighted by Gasteiger charge is 2.58. The first-order chi connectivity index (χ1) is 33.6. The fourth-order valence-corrected chi connectivity index (χ4v) is 13.3. The van der Waals surface area contributed by atoms with Crippen molar-refractivity contribution in [2.45, 2.75) is 110 Å². The Labute approximate surface area is 414 Å². The summed E-state index contributed by atoms with van der Waals surface area (Å²) in [5.41, 5.74) is 23.3. The Hall–Kier alpha value is -6.98. The summed E-state index contributed by atoms with van der Waals surface area (Å²) in [6, 6.07) is 62.5. The highest BCUT2D eigenvalue weighted by molar-refractivity contribution is 7.00. The molecule has 3 aliphatic heterocycles. The van der Waals surface area contributed by atoms with Gasteiger partial charge in [-0.25, -0.2) is 0 Å². The van der Waals surface area contributed by atoms with E-state index in [-0.39, 0.29) is 28.5 Å². The van der Waals surface area contributed by atoms with E-state index >= 15 is 0 Å². The molecule has 1 fully saturated rings. The van der Waals surface area contributed by atoms with Crippen LogP contribution in [-0.4, -0.2) is 12.3 Å². The lowest BCUT2D eigenvalue weighted by molar-refractivity contribution is 0.195. The van der Waals surface area contributed by atoms with Gasteiger partial charge in [-0.15, -0.1) is 0 Å². The van der Waals surface area contributed by atoms with E-state index in [9.17, 15) is 0 Å². The van der Waals surface area contributed by atoms with Crippen molar-refractivity contribution >= 4 is 90.5 Å². The van der Waals surface area contributed by atoms with Crippen molar-refractivity contribution in [3.05, 3.63) is 186 Å². The van der Waals surface area contributed by atoms with Crippen molar-refractivity contribution in [2.24, 2.45) is 0 Å². The van der Waals surface area contributed by atoms with Crippen molar-refractivity contribution in [2.75, 3.05) is 14.7 Å². The number of anilines is 8. The number of benzene rings is 8. The molecule has 5 heteroatoms. The van der Waals surface area contributed by atoms with Gasteiger partial charge in [-0.2, -0.15) is 0 Å². The molecular weight excluding hydrogens is 850 g/mol.